The maximum atomic E-state index is 13.1. The Morgan fingerprint density at radius 1 is 1.43 bits per heavy atom. The van der Waals surface area contributed by atoms with Crippen LogP contribution in [0, 0.1) is 6.92 Å². The van der Waals surface area contributed by atoms with Crippen molar-refractivity contribution in [1.29, 1.82) is 0 Å². The van der Waals surface area contributed by atoms with Gasteiger partial charge in [0.15, 0.2) is 6.61 Å². The summed E-state index contributed by atoms with van der Waals surface area (Å²) in [7, 11) is 0. The number of thiazole rings is 1. The van der Waals surface area contributed by atoms with E-state index in [1.165, 1.54) is 17.4 Å². The van der Waals surface area contributed by atoms with Crippen molar-refractivity contribution in [1.82, 2.24) is 15.7 Å². The van der Waals surface area contributed by atoms with E-state index in [0.29, 0.717) is 5.69 Å². The van der Waals surface area contributed by atoms with Crippen molar-refractivity contribution in [2.24, 2.45) is 0 Å². The van der Waals surface area contributed by atoms with Crippen molar-refractivity contribution in [2.45, 2.75) is 25.7 Å². The fourth-order valence-electron chi connectivity index (χ4n) is 2.43. The lowest BCUT2D eigenvalue weighted by Gasteiger charge is -2.25. The minimum atomic E-state index is -4.53. The number of ether oxygens (including phenoxy) is 1. The first-order valence-electron chi connectivity index (χ1n) is 8.14. The van der Waals surface area contributed by atoms with Gasteiger partial charge in [0.2, 0.25) is 5.88 Å². The molecule has 1 aliphatic rings. The number of carbonyl (C=O) groups is 1. The lowest BCUT2D eigenvalue weighted by molar-refractivity contribution is -0.142. The van der Waals surface area contributed by atoms with Crippen LogP contribution in [-0.4, -0.2) is 29.7 Å². The number of carbonyl (C=O) groups excluding carboxylic acids is 1. The van der Waals surface area contributed by atoms with Gasteiger partial charge in [0.25, 0.3) is 5.91 Å². The summed E-state index contributed by atoms with van der Waals surface area (Å²) in [4.78, 5) is 16.2. The zero-order valence-electron chi connectivity index (χ0n) is 14.6. The van der Waals surface area contributed by atoms with Gasteiger partial charge in [0.1, 0.15) is 6.04 Å². The Hall–Kier alpha value is -2.30. The summed E-state index contributed by atoms with van der Waals surface area (Å²) in [6.07, 6.45) is -3.67. The number of para-hydroxylation sites is 1. The third-order valence-corrected chi connectivity index (χ3v) is 4.87. The SMILES string of the molecule is Cc1nc(CNC(=O)COC2=CC(C(F)(F)F)NN2c2ccccc2Cl)cs1. The fourth-order valence-corrected chi connectivity index (χ4v) is 3.26. The molecular formula is C17H16ClF3N4O2S. The first kappa shape index (κ1) is 20.4. The van der Waals surface area contributed by atoms with E-state index >= 15 is 0 Å². The minimum absolute atomic E-state index is 0.157. The molecule has 0 fully saturated rings. The quantitative estimate of drug-likeness (QED) is 0.731. The summed E-state index contributed by atoms with van der Waals surface area (Å²) in [5.74, 6) is -0.642. The second-order valence-corrected chi connectivity index (χ2v) is 7.33. The van der Waals surface area contributed by atoms with Crippen LogP contribution >= 0.6 is 22.9 Å². The average molecular weight is 433 g/mol. The van der Waals surface area contributed by atoms with Gasteiger partial charge in [-0.1, -0.05) is 23.7 Å². The van der Waals surface area contributed by atoms with Gasteiger partial charge in [-0.3, -0.25) is 4.79 Å². The van der Waals surface area contributed by atoms with Gasteiger partial charge in [-0.15, -0.1) is 11.3 Å². The van der Waals surface area contributed by atoms with E-state index in [1.807, 2.05) is 12.3 Å². The van der Waals surface area contributed by atoms with Crippen molar-refractivity contribution in [3.05, 3.63) is 57.3 Å². The van der Waals surface area contributed by atoms with Gasteiger partial charge in [0.05, 0.1) is 28.0 Å². The Kier molecular flexibility index (Phi) is 6.11. The number of anilines is 1. The number of nitrogens with zero attached hydrogens (tertiary/aromatic N) is 2. The number of aromatic nitrogens is 1. The highest BCUT2D eigenvalue weighted by Crippen LogP contribution is 2.33. The maximum Gasteiger partial charge on any atom is 0.409 e. The maximum absolute atomic E-state index is 13.1. The summed E-state index contributed by atoms with van der Waals surface area (Å²) >= 11 is 7.54. The van der Waals surface area contributed by atoms with Gasteiger partial charge in [-0.2, -0.15) is 13.2 Å². The van der Waals surface area contributed by atoms with E-state index in [0.717, 1.165) is 16.1 Å². The standard InChI is InChI=1S/C17H16ClF3N4O2S/c1-10-23-11(9-28-10)7-22-15(26)8-27-16-6-14(17(19,20)21)24-25(16)13-5-3-2-4-12(13)18/h2-6,9,14,24H,7-8H2,1H3,(H,22,26). The molecule has 0 radical (unpaired) electrons. The second-order valence-electron chi connectivity index (χ2n) is 5.86. The highest BCUT2D eigenvalue weighted by molar-refractivity contribution is 7.09. The van der Waals surface area contributed by atoms with Crippen LogP contribution in [0.3, 0.4) is 0 Å². The molecule has 0 saturated heterocycles. The highest BCUT2D eigenvalue weighted by Gasteiger charge is 2.44. The van der Waals surface area contributed by atoms with E-state index < -0.39 is 24.7 Å². The topological polar surface area (TPSA) is 66.5 Å². The van der Waals surface area contributed by atoms with Gasteiger partial charge in [-0.05, 0) is 19.1 Å². The van der Waals surface area contributed by atoms with Gasteiger partial charge >= 0.3 is 6.18 Å². The molecule has 1 amide bonds. The number of halogens is 4. The third-order valence-electron chi connectivity index (χ3n) is 3.73. The lowest BCUT2D eigenvalue weighted by atomic mass is 10.3. The number of rotatable bonds is 6. The monoisotopic (exact) mass is 432 g/mol. The Balaban J connectivity index is 1.66. The van der Waals surface area contributed by atoms with Crippen molar-refractivity contribution in [2.75, 3.05) is 11.6 Å². The smallest absolute Gasteiger partial charge is 0.409 e. The van der Waals surface area contributed by atoms with Crippen molar-refractivity contribution < 1.29 is 22.7 Å². The molecule has 150 valence electrons. The fraction of sp³-hybridized carbons (Fsp3) is 0.294. The number of hydrogen-bond donors (Lipinski definition) is 2. The molecule has 0 aliphatic carbocycles. The second kappa shape index (κ2) is 8.38. The molecule has 1 unspecified atom stereocenters. The molecule has 3 rings (SSSR count). The average Bonchev–Trinajstić information content (AvgIpc) is 3.24. The number of alkyl halides is 3. The van der Waals surface area contributed by atoms with Crippen LogP contribution in [-0.2, 0) is 16.1 Å². The molecule has 1 aliphatic heterocycles. The third kappa shape index (κ3) is 4.94. The predicted molar refractivity (Wildman–Crippen MR) is 99.6 cm³/mol. The van der Waals surface area contributed by atoms with Crippen molar-refractivity contribution >= 4 is 34.5 Å². The van der Waals surface area contributed by atoms with Gasteiger partial charge in [0, 0.05) is 11.5 Å². The van der Waals surface area contributed by atoms with E-state index in [2.05, 4.69) is 15.7 Å². The molecule has 2 N–H and O–H groups in total. The van der Waals surface area contributed by atoms with Crippen LogP contribution in [0.5, 0.6) is 0 Å². The van der Waals surface area contributed by atoms with E-state index in [9.17, 15) is 18.0 Å². The van der Waals surface area contributed by atoms with E-state index in [4.69, 9.17) is 16.3 Å². The van der Waals surface area contributed by atoms with Crippen LogP contribution < -0.4 is 15.8 Å². The Labute approximate surface area is 167 Å². The Morgan fingerprint density at radius 2 is 2.18 bits per heavy atom. The molecule has 2 aromatic rings. The van der Waals surface area contributed by atoms with Crippen LogP contribution in [0.15, 0.2) is 41.6 Å². The first-order chi connectivity index (χ1) is 13.2. The Morgan fingerprint density at radius 3 is 2.82 bits per heavy atom. The lowest BCUT2D eigenvalue weighted by Crippen LogP contribution is -2.45. The molecule has 6 nitrogen and oxygen atoms in total. The number of aryl methyl sites for hydroxylation is 1. The van der Waals surface area contributed by atoms with Crippen LogP contribution in [0.2, 0.25) is 5.02 Å². The number of hydrogen-bond acceptors (Lipinski definition) is 6. The molecule has 2 heterocycles. The number of hydrazine groups is 1. The molecule has 0 bridgehead atoms. The number of benzene rings is 1. The zero-order chi connectivity index (χ0) is 20.3. The molecule has 11 heteroatoms. The molecule has 0 saturated carbocycles. The van der Waals surface area contributed by atoms with Crippen LogP contribution in [0.25, 0.3) is 0 Å². The van der Waals surface area contributed by atoms with Gasteiger partial charge in [-0.25, -0.2) is 15.4 Å². The summed E-state index contributed by atoms with van der Waals surface area (Å²) in [6.45, 7) is 1.60. The molecule has 0 spiro atoms. The molecule has 1 atom stereocenters. The van der Waals surface area contributed by atoms with Crippen molar-refractivity contribution in [3.63, 3.8) is 0 Å². The van der Waals surface area contributed by atoms with Gasteiger partial charge < -0.3 is 10.1 Å². The number of nitrogens with one attached hydrogen (secondary N) is 2. The normalized spacial score (nSPS) is 16.8. The van der Waals surface area contributed by atoms with E-state index in [-0.39, 0.29) is 23.1 Å². The van der Waals surface area contributed by atoms with E-state index in [1.54, 1.807) is 18.2 Å². The van der Waals surface area contributed by atoms with Crippen LogP contribution in [0.4, 0.5) is 18.9 Å². The molecular weight excluding hydrogens is 417 g/mol. The van der Waals surface area contributed by atoms with Crippen molar-refractivity contribution in [3.8, 4) is 0 Å². The van der Waals surface area contributed by atoms with Crippen LogP contribution in [0.1, 0.15) is 10.7 Å². The molecule has 1 aromatic carbocycles. The highest BCUT2D eigenvalue weighted by atomic mass is 35.5. The Bertz CT molecular complexity index is 887. The zero-order valence-corrected chi connectivity index (χ0v) is 16.2. The summed E-state index contributed by atoms with van der Waals surface area (Å²) in [5.41, 5.74) is 3.27. The summed E-state index contributed by atoms with van der Waals surface area (Å²) < 4.78 is 44.7. The first-order valence-corrected chi connectivity index (χ1v) is 9.39. The minimum Gasteiger partial charge on any atom is -0.468 e. The molecule has 1 aromatic heterocycles. The number of amides is 1. The summed E-state index contributed by atoms with van der Waals surface area (Å²) in [6, 6.07) is 4.40. The predicted octanol–water partition coefficient (Wildman–Crippen LogP) is 3.53. The molecule has 28 heavy (non-hydrogen) atoms. The largest absolute Gasteiger partial charge is 0.468 e. The summed E-state index contributed by atoms with van der Waals surface area (Å²) in [5, 5.41) is 6.61.